The van der Waals surface area contributed by atoms with E-state index in [-0.39, 0.29) is 41.7 Å². The summed E-state index contributed by atoms with van der Waals surface area (Å²) in [7, 11) is 1.49. The van der Waals surface area contributed by atoms with E-state index in [0.717, 1.165) is 31.4 Å². The molecule has 3 aromatic heterocycles. The van der Waals surface area contributed by atoms with Crippen molar-refractivity contribution in [2.24, 2.45) is 0 Å². The molecule has 2 bridgehead atoms. The van der Waals surface area contributed by atoms with E-state index < -0.39 is 5.82 Å². The molecule has 7 rings (SSSR count). The minimum atomic E-state index is -0.498. The molecule has 3 N–H and O–H groups in total. The van der Waals surface area contributed by atoms with Crippen LogP contribution < -0.4 is 26.2 Å². The molecule has 40 heavy (non-hydrogen) atoms. The molecular formula is C28H31FN6O5. The summed E-state index contributed by atoms with van der Waals surface area (Å²) in [4.78, 5) is 45.0. The van der Waals surface area contributed by atoms with Crippen LogP contribution in [-0.4, -0.2) is 57.8 Å². The molecule has 3 aromatic rings. The highest BCUT2D eigenvalue weighted by Crippen LogP contribution is 2.46. The molecule has 2 saturated heterocycles. The Morgan fingerprint density at radius 1 is 1.18 bits per heavy atom. The van der Waals surface area contributed by atoms with Crippen molar-refractivity contribution >= 4 is 28.7 Å². The summed E-state index contributed by atoms with van der Waals surface area (Å²) >= 11 is 0. The number of likely N-dealkylation sites (N-methyl/N-ethyl adjacent to an activating group) is 1. The van der Waals surface area contributed by atoms with Crippen molar-refractivity contribution in [3.05, 3.63) is 57.9 Å². The van der Waals surface area contributed by atoms with Crippen molar-refractivity contribution in [1.82, 2.24) is 25.2 Å². The molecule has 4 aliphatic rings. The van der Waals surface area contributed by atoms with E-state index >= 15 is 4.39 Å². The summed E-state index contributed by atoms with van der Waals surface area (Å²) in [5.74, 6) is -0.0654. The SMILES string of the molecule is CNC(=O)Cn1c(=O)ccc2ncc(F)c(CCC34CCC(NCc5ccc6c(n5)NC(=O)CO6)(CC3)CO4)c21. The van der Waals surface area contributed by atoms with Gasteiger partial charge in [-0.15, -0.1) is 0 Å². The maximum absolute atomic E-state index is 15.1. The fraction of sp³-hybridized carbons (Fsp3) is 0.464. The van der Waals surface area contributed by atoms with Gasteiger partial charge in [-0.3, -0.25) is 23.9 Å². The molecule has 0 spiro atoms. The fourth-order valence-electron chi connectivity index (χ4n) is 5.97. The van der Waals surface area contributed by atoms with Crippen molar-refractivity contribution in [1.29, 1.82) is 0 Å². The third-order valence-electron chi connectivity index (χ3n) is 8.41. The molecule has 0 aromatic carbocycles. The van der Waals surface area contributed by atoms with E-state index in [1.54, 1.807) is 6.07 Å². The summed E-state index contributed by atoms with van der Waals surface area (Å²) in [6.07, 6.45) is 5.56. The Morgan fingerprint density at radius 3 is 2.75 bits per heavy atom. The third kappa shape index (κ3) is 4.92. The van der Waals surface area contributed by atoms with Crippen LogP contribution in [0.25, 0.3) is 11.0 Å². The zero-order valence-electron chi connectivity index (χ0n) is 22.2. The van der Waals surface area contributed by atoms with E-state index in [1.165, 1.54) is 23.9 Å². The van der Waals surface area contributed by atoms with Crippen molar-refractivity contribution in [3.63, 3.8) is 0 Å². The van der Waals surface area contributed by atoms with Gasteiger partial charge >= 0.3 is 0 Å². The van der Waals surface area contributed by atoms with Gasteiger partial charge in [-0.1, -0.05) is 0 Å². The molecule has 12 heteroatoms. The average molecular weight is 551 g/mol. The number of nitrogens with zero attached hydrogens (tertiary/aromatic N) is 3. The number of ether oxygens (including phenoxy) is 2. The number of carbonyl (C=O) groups excluding carboxylic acids is 2. The van der Waals surface area contributed by atoms with Crippen LogP contribution >= 0.6 is 0 Å². The molecule has 1 aliphatic carbocycles. The molecule has 0 radical (unpaired) electrons. The Labute approximate surface area is 229 Å². The Kier molecular flexibility index (Phi) is 6.75. The summed E-state index contributed by atoms with van der Waals surface area (Å²) in [6.45, 7) is 0.836. The van der Waals surface area contributed by atoms with Crippen LogP contribution in [0.4, 0.5) is 10.2 Å². The molecule has 3 fully saturated rings. The zero-order chi connectivity index (χ0) is 27.9. The number of nitrogens with one attached hydrogen (secondary N) is 3. The summed E-state index contributed by atoms with van der Waals surface area (Å²) in [5, 5.41) is 8.89. The number of carbonyl (C=O) groups is 2. The van der Waals surface area contributed by atoms with Crippen molar-refractivity contribution in [2.75, 3.05) is 25.6 Å². The molecule has 6 heterocycles. The lowest BCUT2D eigenvalue weighted by atomic mass is 9.69. The topological polar surface area (TPSA) is 136 Å². The number of pyridine rings is 3. The van der Waals surface area contributed by atoms with E-state index in [4.69, 9.17) is 9.47 Å². The Bertz CT molecular complexity index is 1530. The molecule has 0 atom stereocenters. The van der Waals surface area contributed by atoms with Gasteiger partial charge in [-0.2, -0.15) is 0 Å². The highest BCUT2D eigenvalue weighted by Gasteiger charge is 2.49. The van der Waals surface area contributed by atoms with Crippen LogP contribution in [-0.2, 0) is 33.8 Å². The number of hydrogen-bond donors (Lipinski definition) is 3. The number of fused-ring (bicyclic) bond motifs is 5. The van der Waals surface area contributed by atoms with Gasteiger partial charge in [0.2, 0.25) is 5.91 Å². The maximum atomic E-state index is 15.1. The first kappa shape index (κ1) is 26.3. The van der Waals surface area contributed by atoms with E-state index in [1.807, 2.05) is 12.1 Å². The number of aromatic nitrogens is 3. The fourth-order valence-corrected chi connectivity index (χ4v) is 5.97. The smallest absolute Gasteiger partial charge is 0.263 e. The van der Waals surface area contributed by atoms with Crippen molar-refractivity contribution in [2.45, 2.75) is 62.8 Å². The van der Waals surface area contributed by atoms with Gasteiger partial charge < -0.3 is 25.4 Å². The van der Waals surface area contributed by atoms with Crippen LogP contribution in [0.3, 0.4) is 0 Å². The number of anilines is 1. The molecule has 0 unspecified atom stereocenters. The minimum Gasteiger partial charge on any atom is -0.480 e. The molecule has 1 saturated carbocycles. The zero-order valence-corrected chi connectivity index (χ0v) is 22.2. The Balaban J connectivity index is 1.14. The maximum Gasteiger partial charge on any atom is 0.263 e. The number of halogens is 1. The molecule has 11 nitrogen and oxygen atoms in total. The molecule has 2 amide bonds. The predicted octanol–water partition coefficient (Wildman–Crippen LogP) is 1.81. The van der Waals surface area contributed by atoms with E-state index in [0.29, 0.717) is 54.2 Å². The largest absolute Gasteiger partial charge is 0.480 e. The van der Waals surface area contributed by atoms with Gasteiger partial charge in [0.25, 0.3) is 11.5 Å². The number of aryl methyl sites for hydroxylation is 1. The first-order valence-corrected chi connectivity index (χ1v) is 13.5. The van der Waals surface area contributed by atoms with Gasteiger partial charge in [-0.05, 0) is 56.7 Å². The minimum absolute atomic E-state index is 0.00576. The van der Waals surface area contributed by atoms with Crippen LogP contribution in [0.2, 0.25) is 0 Å². The van der Waals surface area contributed by atoms with E-state index in [9.17, 15) is 14.4 Å². The second-order valence-corrected chi connectivity index (χ2v) is 10.8. The molecule has 3 aliphatic heterocycles. The highest BCUT2D eigenvalue weighted by molar-refractivity contribution is 5.94. The second kappa shape index (κ2) is 10.3. The van der Waals surface area contributed by atoms with Crippen LogP contribution in [0, 0.1) is 5.82 Å². The van der Waals surface area contributed by atoms with Crippen LogP contribution in [0.15, 0.2) is 35.3 Å². The summed E-state index contributed by atoms with van der Waals surface area (Å²) in [5.41, 5.74) is 1.06. The third-order valence-corrected chi connectivity index (χ3v) is 8.41. The molecule has 210 valence electrons. The first-order chi connectivity index (χ1) is 19.3. The summed E-state index contributed by atoms with van der Waals surface area (Å²) in [6, 6.07) is 6.61. The highest BCUT2D eigenvalue weighted by atomic mass is 19.1. The normalized spacial score (nSPS) is 23.4. The monoisotopic (exact) mass is 550 g/mol. The van der Waals surface area contributed by atoms with Crippen LogP contribution in [0.5, 0.6) is 5.75 Å². The standard InChI is InChI=1S/C28H31FN6O5/c1-30-22(36)14-35-24(38)5-3-20-25(35)18(19(29)13-31-20)6-7-28-10-8-27(9-11-28,16-40-28)32-12-17-2-4-21-26(33-17)34-23(37)15-39-21/h2-5,13,32H,6-12,14-16H2,1H3,(H,30,36)(H,33,34,37). The van der Waals surface area contributed by atoms with Gasteiger partial charge in [-0.25, -0.2) is 9.37 Å². The van der Waals surface area contributed by atoms with Gasteiger partial charge in [0.1, 0.15) is 12.4 Å². The van der Waals surface area contributed by atoms with Crippen molar-refractivity contribution in [3.8, 4) is 5.75 Å². The van der Waals surface area contributed by atoms with E-state index in [2.05, 4.69) is 25.9 Å². The number of rotatable bonds is 8. The lowest BCUT2D eigenvalue weighted by molar-refractivity contribution is -0.165. The number of hydrogen-bond acceptors (Lipinski definition) is 8. The average Bonchev–Trinajstić information content (AvgIpc) is 2.97. The predicted molar refractivity (Wildman–Crippen MR) is 143 cm³/mol. The van der Waals surface area contributed by atoms with Crippen molar-refractivity contribution < 1.29 is 23.5 Å². The quantitative estimate of drug-likeness (QED) is 0.386. The second-order valence-electron chi connectivity index (χ2n) is 10.8. The van der Waals surface area contributed by atoms with Gasteiger partial charge in [0, 0.05) is 30.8 Å². The Morgan fingerprint density at radius 2 is 2.00 bits per heavy atom. The number of amides is 2. The van der Waals surface area contributed by atoms with Gasteiger partial charge in [0.05, 0.1) is 35.1 Å². The molecular weight excluding hydrogens is 519 g/mol. The first-order valence-electron chi connectivity index (χ1n) is 13.5. The lowest BCUT2D eigenvalue weighted by Gasteiger charge is -2.53. The summed E-state index contributed by atoms with van der Waals surface area (Å²) < 4.78 is 28.2. The lowest BCUT2D eigenvalue weighted by Crippen LogP contribution is -2.61. The Hall–Kier alpha value is -3.90. The van der Waals surface area contributed by atoms with Crippen LogP contribution in [0.1, 0.15) is 43.4 Å². The van der Waals surface area contributed by atoms with Gasteiger partial charge in [0.15, 0.2) is 18.2 Å².